The summed E-state index contributed by atoms with van der Waals surface area (Å²) in [5, 5.41) is 0. The molecule has 2 rings (SSSR count). The van der Waals surface area contributed by atoms with Crippen LogP contribution in [0, 0.1) is 0 Å². The second-order valence-electron chi connectivity index (χ2n) is 6.40. The average molecular weight is 349 g/mol. The zero-order valence-electron chi connectivity index (χ0n) is 15.6. The summed E-state index contributed by atoms with van der Waals surface area (Å²) in [4.78, 5) is 45.3. The molecule has 0 saturated carbocycles. The molecular weight excluding hydrogens is 322 g/mol. The molecule has 0 unspecified atom stereocenters. The van der Waals surface area contributed by atoms with Gasteiger partial charge in [0, 0.05) is 7.05 Å². The van der Waals surface area contributed by atoms with E-state index < -0.39 is 17.3 Å². The van der Waals surface area contributed by atoms with Crippen LogP contribution in [0.5, 0.6) is 0 Å². The number of aromatic amines is 1. The number of Topliss-reactive ketones (excluding diaryl/α,β-unsaturated/α-hetero) is 1. The number of carbonyl (C=O) groups is 1. The van der Waals surface area contributed by atoms with Crippen molar-refractivity contribution in [3.8, 4) is 0 Å². The SMILES string of the molecule is CCCCN(CC)Cc1nc2c(c(=O)[nH]c(=O)n2C)n1[C@H](C)C(C)=O. The van der Waals surface area contributed by atoms with Crippen molar-refractivity contribution in [3.05, 3.63) is 26.7 Å². The van der Waals surface area contributed by atoms with E-state index in [-0.39, 0.29) is 11.3 Å². The third kappa shape index (κ3) is 3.73. The third-order valence-corrected chi connectivity index (χ3v) is 4.64. The maximum Gasteiger partial charge on any atom is 0.329 e. The fraction of sp³-hybridized carbons (Fsp3) is 0.647. The summed E-state index contributed by atoms with van der Waals surface area (Å²) in [6, 6.07) is -0.525. The lowest BCUT2D eigenvalue weighted by Crippen LogP contribution is -2.30. The molecule has 0 bridgehead atoms. The molecule has 8 nitrogen and oxygen atoms in total. The van der Waals surface area contributed by atoms with Crippen molar-refractivity contribution < 1.29 is 4.79 Å². The van der Waals surface area contributed by atoms with E-state index in [1.807, 2.05) is 0 Å². The number of H-pyrrole nitrogens is 1. The number of aromatic nitrogens is 4. The molecule has 138 valence electrons. The van der Waals surface area contributed by atoms with Gasteiger partial charge in [0.25, 0.3) is 5.56 Å². The Balaban J connectivity index is 2.66. The summed E-state index contributed by atoms with van der Waals surface area (Å²) in [6.07, 6.45) is 2.15. The maximum absolute atomic E-state index is 12.4. The van der Waals surface area contributed by atoms with E-state index >= 15 is 0 Å². The lowest BCUT2D eigenvalue weighted by atomic mass is 10.2. The molecule has 2 aromatic heterocycles. The zero-order valence-corrected chi connectivity index (χ0v) is 15.6. The highest BCUT2D eigenvalue weighted by Gasteiger charge is 2.24. The average Bonchev–Trinajstić information content (AvgIpc) is 2.95. The lowest BCUT2D eigenvalue weighted by molar-refractivity contribution is -0.119. The van der Waals surface area contributed by atoms with Crippen LogP contribution in [0.2, 0.25) is 0 Å². The lowest BCUT2D eigenvalue weighted by Gasteiger charge is -2.21. The Kier molecular flexibility index (Phi) is 5.94. The van der Waals surface area contributed by atoms with E-state index in [0.29, 0.717) is 18.0 Å². The summed E-state index contributed by atoms with van der Waals surface area (Å²) in [5.74, 6) is 0.563. The number of hydrogen-bond donors (Lipinski definition) is 1. The first-order chi connectivity index (χ1) is 11.8. The summed E-state index contributed by atoms with van der Waals surface area (Å²) >= 11 is 0. The van der Waals surface area contributed by atoms with Gasteiger partial charge in [-0.2, -0.15) is 0 Å². The molecule has 8 heteroatoms. The van der Waals surface area contributed by atoms with E-state index in [4.69, 9.17) is 0 Å². The highest BCUT2D eigenvalue weighted by atomic mass is 16.2. The number of hydrogen-bond acceptors (Lipinski definition) is 5. The Morgan fingerprint density at radius 1 is 1.32 bits per heavy atom. The molecule has 0 aromatic carbocycles. The van der Waals surface area contributed by atoms with Crippen LogP contribution < -0.4 is 11.2 Å². The minimum absolute atomic E-state index is 0.0644. The van der Waals surface area contributed by atoms with Crippen molar-refractivity contribution in [1.82, 2.24) is 24.0 Å². The minimum atomic E-state index is -0.525. The Hall–Kier alpha value is -2.22. The van der Waals surface area contributed by atoms with E-state index in [1.54, 1.807) is 18.5 Å². The first-order valence-corrected chi connectivity index (χ1v) is 8.74. The number of rotatable bonds is 8. The van der Waals surface area contributed by atoms with Crippen molar-refractivity contribution in [3.63, 3.8) is 0 Å². The Labute approximate surface area is 146 Å². The van der Waals surface area contributed by atoms with Crippen molar-refractivity contribution in [2.24, 2.45) is 7.05 Å². The number of unbranched alkanes of at least 4 members (excludes halogenated alkanes) is 1. The third-order valence-electron chi connectivity index (χ3n) is 4.64. The number of nitrogens with one attached hydrogen (secondary N) is 1. The van der Waals surface area contributed by atoms with Gasteiger partial charge in [0.05, 0.1) is 12.6 Å². The topological polar surface area (TPSA) is 93.0 Å². The normalized spacial score (nSPS) is 12.9. The van der Waals surface area contributed by atoms with Crippen LogP contribution in [0.25, 0.3) is 11.2 Å². The molecule has 0 amide bonds. The largest absolute Gasteiger partial charge is 0.329 e. The second-order valence-corrected chi connectivity index (χ2v) is 6.40. The summed E-state index contributed by atoms with van der Waals surface area (Å²) < 4.78 is 2.98. The first kappa shape index (κ1) is 19.1. The zero-order chi connectivity index (χ0) is 18.7. The molecule has 0 spiro atoms. The highest BCUT2D eigenvalue weighted by molar-refractivity contribution is 5.82. The van der Waals surface area contributed by atoms with Crippen LogP contribution in [-0.4, -0.2) is 42.9 Å². The van der Waals surface area contributed by atoms with Gasteiger partial charge in [0.1, 0.15) is 5.82 Å². The van der Waals surface area contributed by atoms with Crippen molar-refractivity contribution >= 4 is 16.9 Å². The van der Waals surface area contributed by atoms with E-state index in [9.17, 15) is 14.4 Å². The van der Waals surface area contributed by atoms with E-state index in [2.05, 4.69) is 28.7 Å². The maximum atomic E-state index is 12.4. The monoisotopic (exact) mass is 349 g/mol. The Morgan fingerprint density at radius 2 is 2.00 bits per heavy atom. The van der Waals surface area contributed by atoms with Crippen LogP contribution in [-0.2, 0) is 18.4 Å². The first-order valence-electron chi connectivity index (χ1n) is 8.74. The molecule has 2 heterocycles. The molecule has 0 aliphatic rings. The van der Waals surface area contributed by atoms with Gasteiger partial charge in [-0.3, -0.25) is 24.0 Å². The fourth-order valence-corrected chi connectivity index (χ4v) is 2.89. The van der Waals surface area contributed by atoms with Crippen LogP contribution in [0.1, 0.15) is 52.4 Å². The number of fused-ring (bicyclic) bond motifs is 1. The Morgan fingerprint density at radius 3 is 2.56 bits per heavy atom. The molecule has 0 radical (unpaired) electrons. The predicted octanol–water partition coefficient (Wildman–Crippen LogP) is 1.20. The molecule has 0 aliphatic carbocycles. The summed E-state index contributed by atoms with van der Waals surface area (Å²) in [5.41, 5.74) is -0.446. The number of nitrogens with zero attached hydrogens (tertiary/aromatic N) is 4. The van der Waals surface area contributed by atoms with Gasteiger partial charge >= 0.3 is 5.69 Å². The van der Waals surface area contributed by atoms with Crippen LogP contribution in [0.3, 0.4) is 0 Å². The highest BCUT2D eigenvalue weighted by Crippen LogP contribution is 2.19. The molecule has 0 aliphatic heterocycles. The smallest absolute Gasteiger partial charge is 0.311 e. The Bertz CT molecular complexity index is 877. The summed E-state index contributed by atoms with van der Waals surface area (Å²) in [7, 11) is 1.56. The number of ketones is 1. The number of carbonyl (C=O) groups excluding carboxylic acids is 1. The van der Waals surface area contributed by atoms with Gasteiger partial charge in [-0.15, -0.1) is 0 Å². The van der Waals surface area contributed by atoms with Gasteiger partial charge in [-0.05, 0) is 33.4 Å². The quantitative estimate of drug-likeness (QED) is 0.773. The van der Waals surface area contributed by atoms with Gasteiger partial charge in [-0.25, -0.2) is 9.78 Å². The molecule has 1 atom stereocenters. The number of aryl methyl sites for hydroxylation is 1. The molecule has 0 fully saturated rings. The van der Waals surface area contributed by atoms with Gasteiger partial charge in [0.2, 0.25) is 0 Å². The second kappa shape index (κ2) is 7.77. The van der Waals surface area contributed by atoms with Crippen molar-refractivity contribution in [2.45, 2.75) is 53.1 Å². The van der Waals surface area contributed by atoms with Crippen molar-refractivity contribution in [2.75, 3.05) is 13.1 Å². The number of imidazole rings is 1. The van der Waals surface area contributed by atoms with E-state index in [0.717, 1.165) is 25.9 Å². The van der Waals surface area contributed by atoms with Crippen LogP contribution in [0.15, 0.2) is 9.59 Å². The molecule has 25 heavy (non-hydrogen) atoms. The van der Waals surface area contributed by atoms with Gasteiger partial charge < -0.3 is 4.57 Å². The van der Waals surface area contributed by atoms with E-state index in [1.165, 1.54) is 11.5 Å². The van der Waals surface area contributed by atoms with Crippen molar-refractivity contribution in [1.29, 1.82) is 0 Å². The molecule has 0 saturated heterocycles. The molecular formula is C17H27N5O3. The molecule has 1 N–H and O–H groups in total. The van der Waals surface area contributed by atoms with Crippen LogP contribution in [0.4, 0.5) is 0 Å². The molecule has 2 aromatic rings. The standard InChI is InChI=1S/C17H27N5O3/c1-6-8-9-21(7-2)10-13-18-15-14(22(13)11(3)12(4)23)16(24)19-17(25)20(15)5/h11H,6-10H2,1-5H3,(H,19,24,25)/t11-/m1/s1. The van der Waals surface area contributed by atoms with Gasteiger partial charge in [-0.1, -0.05) is 20.3 Å². The fourth-order valence-electron chi connectivity index (χ4n) is 2.89. The van der Waals surface area contributed by atoms with Crippen LogP contribution >= 0.6 is 0 Å². The minimum Gasteiger partial charge on any atom is -0.311 e. The van der Waals surface area contributed by atoms with Gasteiger partial charge in [0.15, 0.2) is 16.9 Å². The predicted molar refractivity (Wildman–Crippen MR) is 96.8 cm³/mol. The summed E-state index contributed by atoms with van der Waals surface area (Å²) in [6.45, 7) is 9.73.